The van der Waals surface area contributed by atoms with Crippen molar-refractivity contribution in [3.8, 4) is 0 Å². The number of hydrogen-bond acceptors (Lipinski definition) is 3. The number of nitrogens with one attached hydrogen (secondary N) is 1. The lowest BCUT2D eigenvalue weighted by Gasteiger charge is -2.24. The van der Waals surface area contributed by atoms with Crippen LogP contribution in [0.5, 0.6) is 0 Å². The normalized spacial score (nSPS) is 28.8. The lowest BCUT2D eigenvalue weighted by atomic mass is 9.82. The number of carbonyl (C=O) groups excluding carboxylic acids is 1. The first-order chi connectivity index (χ1) is 11.4. The summed E-state index contributed by atoms with van der Waals surface area (Å²) in [5, 5.41) is 12.6. The van der Waals surface area contributed by atoms with Crippen molar-refractivity contribution >= 4 is 40.0 Å². The van der Waals surface area contributed by atoms with Crippen LogP contribution in [-0.4, -0.2) is 27.4 Å². The van der Waals surface area contributed by atoms with Crippen LogP contribution in [-0.2, 0) is 26.1 Å². The summed E-state index contributed by atoms with van der Waals surface area (Å²) in [7, 11) is -1.00. The summed E-state index contributed by atoms with van der Waals surface area (Å²) in [4.78, 5) is 24.2. The first kappa shape index (κ1) is 17.2. The molecule has 0 aliphatic heterocycles. The number of hydrogen-bond donors (Lipinski definition) is 2. The van der Waals surface area contributed by atoms with Crippen molar-refractivity contribution in [2.45, 2.75) is 12.2 Å². The summed E-state index contributed by atoms with van der Waals surface area (Å²) in [6, 6.07) is 5.11. The molecule has 0 aromatic heterocycles. The Morgan fingerprint density at radius 1 is 1.29 bits per heavy atom. The average Bonchev–Trinajstić information content (AvgIpc) is 3.10. The zero-order valence-corrected chi connectivity index (χ0v) is 14.6. The number of carboxylic acids is 1. The fourth-order valence-corrected chi connectivity index (χ4v) is 4.54. The highest BCUT2D eigenvalue weighted by Crippen LogP contribution is 2.48. The molecule has 0 saturated heterocycles. The maximum atomic E-state index is 12.7. The molecule has 0 heterocycles. The van der Waals surface area contributed by atoms with Gasteiger partial charge in [-0.15, -0.1) is 0 Å². The van der Waals surface area contributed by atoms with E-state index in [9.17, 15) is 18.9 Å². The maximum Gasteiger partial charge on any atom is 0.307 e. The van der Waals surface area contributed by atoms with Crippen LogP contribution in [0.1, 0.15) is 12.0 Å². The SMILES string of the molecule is CS(=O)Cc1ccc(Cl)c(NC(=O)C2C3C=CC(C3)C2C(=O)O)c1. The molecule has 1 amide bonds. The van der Waals surface area contributed by atoms with Crippen LogP contribution in [0, 0.1) is 23.7 Å². The van der Waals surface area contributed by atoms with E-state index in [2.05, 4.69) is 5.32 Å². The molecule has 0 radical (unpaired) electrons. The van der Waals surface area contributed by atoms with Gasteiger partial charge in [0.05, 0.1) is 22.5 Å². The van der Waals surface area contributed by atoms with Crippen LogP contribution in [0.15, 0.2) is 30.4 Å². The third kappa shape index (κ3) is 3.26. The van der Waals surface area contributed by atoms with E-state index >= 15 is 0 Å². The predicted molar refractivity (Wildman–Crippen MR) is 93.2 cm³/mol. The summed E-state index contributed by atoms with van der Waals surface area (Å²) in [5.41, 5.74) is 1.23. The molecule has 3 rings (SSSR count). The zero-order chi connectivity index (χ0) is 17.4. The lowest BCUT2D eigenvalue weighted by Crippen LogP contribution is -2.36. The number of carbonyl (C=O) groups is 2. The molecule has 2 aliphatic rings. The molecule has 2 bridgehead atoms. The van der Waals surface area contributed by atoms with E-state index < -0.39 is 28.6 Å². The molecule has 128 valence electrons. The summed E-state index contributed by atoms with van der Waals surface area (Å²) in [6.45, 7) is 0. The summed E-state index contributed by atoms with van der Waals surface area (Å²) < 4.78 is 11.4. The van der Waals surface area contributed by atoms with Crippen LogP contribution >= 0.6 is 11.6 Å². The first-order valence-corrected chi connectivity index (χ1v) is 9.78. The van der Waals surface area contributed by atoms with E-state index in [1.807, 2.05) is 12.2 Å². The molecule has 1 saturated carbocycles. The largest absolute Gasteiger partial charge is 0.481 e. The van der Waals surface area contributed by atoms with Crippen molar-refractivity contribution < 1.29 is 18.9 Å². The third-order valence-corrected chi connectivity index (χ3v) is 5.78. The molecule has 0 spiro atoms. The van der Waals surface area contributed by atoms with Gasteiger partial charge in [0.25, 0.3) is 0 Å². The van der Waals surface area contributed by atoms with Crippen molar-refractivity contribution in [2.24, 2.45) is 23.7 Å². The van der Waals surface area contributed by atoms with Crippen LogP contribution in [0.3, 0.4) is 0 Å². The van der Waals surface area contributed by atoms with Gasteiger partial charge >= 0.3 is 5.97 Å². The third-order valence-electron chi connectivity index (χ3n) is 4.71. The Balaban J connectivity index is 1.81. The van der Waals surface area contributed by atoms with Gasteiger partial charge in [-0.2, -0.15) is 0 Å². The number of fused-ring (bicyclic) bond motifs is 2. The second kappa shape index (κ2) is 6.69. The van der Waals surface area contributed by atoms with Gasteiger partial charge in [0.1, 0.15) is 0 Å². The molecular formula is C17H18ClNO4S. The minimum Gasteiger partial charge on any atom is -0.481 e. The lowest BCUT2D eigenvalue weighted by molar-refractivity contribution is -0.146. The Hall–Kier alpha value is -1.66. The van der Waals surface area contributed by atoms with Gasteiger partial charge in [-0.1, -0.05) is 29.8 Å². The minimum absolute atomic E-state index is 0.0406. The van der Waals surface area contributed by atoms with Gasteiger partial charge in [0, 0.05) is 22.8 Å². The van der Waals surface area contributed by atoms with E-state index in [0.29, 0.717) is 22.9 Å². The second-order valence-electron chi connectivity index (χ2n) is 6.36. The van der Waals surface area contributed by atoms with Gasteiger partial charge in [0.15, 0.2) is 0 Å². The maximum absolute atomic E-state index is 12.7. The molecule has 7 heteroatoms. The highest BCUT2D eigenvalue weighted by molar-refractivity contribution is 7.83. The standard InChI is InChI=1S/C17H18ClNO4S/c1-24(23)8-9-2-5-12(18)13(6-9)19-16(20)14-10-3-4-11(7-10)15(14)17(21)22/h2-6,10-11,14-15H,7-8H2,1H3,(H,19,20)(H,21,22). The monoisotopic (exact) mass is 367 g/mol. The van der Waals surface area contributed by atoms with Gasteiger partial charge in [-0.05, 0) is 36.0 Å². The first-order valence-electron chi connectivity index (χ1n) is 7.67. The van der Waals surface area contributed by atoms with Gasteiger partial charge in [-0.25, -0.2) is 0 Å². The predicted octanol–water partition coefficient (Wildman–Crippen LogP) is 2.68. The summed E-state index contributed by atoms with van der Waals surface area (Å²) >= 11 is 6.14. The van der Waals surface area contributed by atoms with Crippen LogP contribution in [0.2, 0.25) is 5.02 Å². The molecule has 1 aromatic carbocycles. The Kier molecular flexibility index (Phi) is 4.78. The van der Waals surface area contributed by atoms with Crippen LogP contribution in [0.25, 0.3) is 0 Å². The molecule has 24 heavy (non-hydrogen) atoms. The number of carboxylic acid groups (broad SMARTS) is 1. The smallest absolute Gasteiger partial charge is 0.307 e. The van der Waals surface area contributed by atoms with Crippen LogP contribution in [0.4, 0.5) is 5.69 Å². The Bertz CT molecular complexity index is 748. The fourth-order valence-electron chi connectivity index (χ4n) is 3.73. The van der Waals surface area contributed by atoms with E-state index in [-0.39, 0.29) is 17.7 Å². The molecule has 1 fully saturated rings. The second-order valence-corrected chi connectivity index (χ2v) is 8.20. The van der Waals surface area contributed by atoms with Crippen LogP contribution < -0.4 is 5.32 Å². The number of halogens is 1. The van der Waals surface area contributed by atoms with Crippen molar-refractivity contribution in [1.82, 2.24) is 0 Å². The van der Waals surface area contributed by atoms with Gasteiger partial charge in [0.2, 0.25) is 5.91 Å². The molecular weight excluding hydrogens is 350 g/mol. The molecule has 2 N–H and O–H groups in total. The number of amides is 1. The molecule has 5 unspecified atom stereocenters. The molecule has 5 atom stereocenters. The van der Waals surface area contributed by atoms with E-state index in [4.69, 9.17) is 11.6 Å². The van der Waals surface area contributed by atoms with Crippen molar-refractivity contribution in [1.29, 1.82) is 0 Å². The zero-order valence-electron chi connectivity index (χ0n) is 13.1. The van der Waals surface area contributed by atoms with Crippen molar-refractivity contribution in [3.63, 3.8) is 0 Å². The van der Waals surface area contributed by atoms with Gasteiger partial charge < -0.3 is 10.4 Å². The topological polar surface area (TPSA) is 83.5 Å². The number of aliphatic carboxylic acids is 1. The number of rotatable bonds is 5. The molecule has 5 nitrogen and oxygen atoms in total. The summed E-state index contributed by atoms with van der Waals surface area (Å²) in [6.07, 6.45) is 6.15. The van der Waals surface area contributed by atoms with E-state index in [0.717, 1.165) is 5.56 Å². The highest BCUT2D eigenvalue weighted by Gasteiger charge is 2.51. The Morgan fingerprint density at radius 3 is 2.58 bits per heavy atom. The minimum atomic E-state index is -1.00. The van der Waals surface area contributed by atoms with Crippen molar-refractivity contribution in [3.05, 3.63) is 40.9 Å². The summed E-state index contributed by atoms with van der Waals surface area (Å²) in [5.74, 6) is -2.28. The number of benzene rings is 1. The van der Waals surface area contributed by atoms with E-state index in [1.165, 1.54) is 0 Å². The fraction of sp³-hybridized carbons (Fsp3) is 0.412. The number of allylic oxidation sites excluding steroid dienone is 2. The quantitative estimate of drug-likeness (QED) is 0.784. The van der Waals surface area contributed by atoms with E-state index in [1.54, 1.807) is 24.5 Å². The highest BCUT2D eigenvalue weighted by atomic mass is 35.5. The Morgan fingerprint density at radius 2 is 1.96 bits per heavy atom. The molecule has 1 aromatic rings. The average molecular weight is 368 g/mol. The molecule has 2 aliphatic carbocycles. The van der Waals surface area contributed by atoms with Gasteiger partial charge in [-0.3, -0.25) is 13.8 Å². The van der Waals surface area contributed by atoms with Crippen molar-refractivity contribution in [2.75, 3.05) is 11.6 Å². The Labute approximate surface area is 147 Å². The number of anilines is 1.